The molecule has 0 radical (unpaired) electrons. The molecule has 3 aromatic rings. The van der Waals surface area contributed by atoms with E-state index in [0.29, 0.717) is 27.6 Å². The number of amides is 2. The summed E-state index contributed by atoms with van der Waals surface area (Å²) in [5, 5.41) is 6.62. The molecular weight excluding hydrogens is 416 g/mol. The van der Waals surface area contributed by atoms with Crippen molar-refractivity contribution in [1.82, 2.24) is 10.7 Å². The van der Waals surface area contributed by atoms with Crippen LogP contribution in [0.4, 0.5) is 5.69 Å². The number of hydrogen-bond acceptors (Lipinski definition) is 5. The number of hydrogen-bond donors (Lipinski definition) is 4. The summed E-state index contributed by atoms with van der Waals surface area (Å²) in [5.41, 5.74) is 4.77. The van der Waals surface area contributed by atoms with E-state index < -0.39 is 6.04 Å². The van der Waals surface area contributed by atoms with Crippen LogP contribution in [-0.4, -0.2) is 25.5 Å². The molecule has 0 fully saturated rings. The van der Waals surface area contributed by atoms with Gasteiger partial charge in [0.25, 0.3) is 5.91 Å². The Bertz CT molecular complexity index is 1040. The lowest BCUT2D eigenvalue weighted by atomic mass is 9.96. The molecule has 0 aliphatic heterocycles. The largest absolute Gasteiger partial charge is 0.497 e. The number of methoxy groups -OCH3 is 1. The van der Waals surface area contributed by atoms with Crippen LogP contribution in [0.25, 0.3) is 0 Å². The van der Waals surface area contributed by atoms with E-state index in [-0.39, 0.29) is 18.4 Å². The molecule has 0 saturated heterocycles. The van der Waals surface area contributed by atoms with Gasteiger partial charge < -0.3 is 10.1 Å². The molecule has 3 rings (SSSR count). The third-order valence-corrected chi connectivity index (χ3v) is 4.92. The van der Waals surface area contributed by atoms with E-state index in [1.54, 1.807) is 49.6 Å². The Balaban J connectivity index is 1.94. The maximum atomic E-state index is 12.8. The van der Waals surface area contributed by atoms with Crippen LogP contribution in [0.3, 0.4) is 0 Å². The third kappa shape index (κ3) is 5.82. The zero-order valence-corrected chi connectivity index (χ0v) is 17.6. The van der Waals surface area contributed by atoms with Crippen LogP contribution in [0, 0.1) is 0 Å². The molecule has 31 heavy (non-hydrogen) atoms. The Morgan fingerprint density at radius 3 is 2.39 bits per heavy atom. The summed E-state index contributed by atoms with van der Waals surface area (Å²) in [7, 11) is 1.57. The fourth-order valence-corrected chi connectivity index (χ4v) is 3.30. The van der Waals surface area contributed by atoms with E-state index in [2.05, 4.69) is 16.1 Å². The molecule has 0 heterocycles. The number of ether oxygens (including phenoxy) is 1. The predicted octanol–water partition coefficient (Wildman–Crippen LogP) is 3.27. The zero-order valence-electron chi connectivity index (χ0n) is 16.9. The molecule has 0 unspecified atom stereocenters. The van der Waals surface area contributed by atoms with Crippen molar-refractivity contribution in [2.75, 3.05) is 19.0 Å². The number of anilines is 1. The summed E-state index contributed by atoms with van der Waals surface area (Å²) >= 11 is 6.27. The van der Waals surface area contributed by atoms with Crippen LogP contribution in [0.15, 0.2) is 72.8 Å². The molecule has 0 saturated carbocycles. The average Bonchev–Trinajstić information content (AvgIpc) is 2.81. The van der Waals surface area contributed by atoms with Gasteiger partial charge in [-0.3, -0.25) is 20.3 Å². The predicted molar refractivity (Wildman–Crippen MR) is 121 cm³/mol. The van der Waals surface area contributed by atoms with Gasteiger partial charge in [0.05, 0.1) is 19.7 Å². The number of nitrogens with one attached hydrogen (secondary N) is 3. The number of carbonyl (C=O) groups excluding carboxylic acids is 2. The first kappa shape index (κ1) is 22.3. The van der Waals surface area contributed by atoms with E-state index >= 15 is 0 Å². The maximum absolute atomic E-state index is 12.8. The molecule has 5 N–H and O–H groups in total. The lowest BCUT2D eigenvalue weighted by Gasteiger charge is -2.23. The summed E-state index contributed by atoms with van der Waals surface area (Å²) in [6.45, 7) is -0.0194. The Labute approximate surface area is 185 Å². The van der Waals surface area contributed by atoms with Crippen LogP contribution in [0.1, 0.15) is 27.5 Å². The molecule has 8 heteroatoms. The Hall–Kier alpha value is -3.39. The van der Waals surface area contributed by atoms with E-state index in [9.17, 15) is 9.59 Å². The quantitative estimate of drug-likeness (QED) is 0.245. The minimum atomic E-state index is -0.414. The minimum Gasteiger partial charge on any atom is -0.497 e. The van der Waals surface area contributed by atoms with Crippen molar-refractivity contribution in [3.05, 3.63) is 94.5 Å². The highest BCUT2D eigenvalue weighted by Crippen LogP contribution is 2.31. The van der Waals surface area contributed by atoms with Crippen molar-refractivity contribution >= 4 is 29.1 Å². The molecule has 0 spiro atoms. The Morgan fingerprint density at radius 1 is 1.03 bits per heavy atom. The van der Waals surface area contributed by atoms with Crippen molar-refractivity contribution in [2.45, 2.75) is 6.04 Å². The second-order valence-electron chi connectivity index (χ2n) is 6.71. The van der Waals surface area contributed by atoms with Crippen LogP contribution >= 0.6 is 11.6 Å². The van der Waals surface area contributed by atoms with E-state index in [4.69, 9.17) is 22.2 Å². The van der Waals surface area contributed by atoms with Gasteiger partial charge in [-0.2, -0.15) is 0 Å². The molecule has 3 aromatic carbocycles. The van der Waals surface area contributed by atoms with Gasteiger partial charge in [0.1, 0.15) is 5.75 Å². The monoisotopic (exact) mass is 438 g/mol. The number of nitrogens with two attached hydrogens (primary N) is 1. The first-order valence-electron chi connectivity index (χ1n) is 9.54. The second kappa shape index (κ2) is 10.6. The second-order valence-corrected chi connectivity index (χ2v) is 7.14. The minimum absolute atomic E-state index is 0.0194. The average molecular weight is 439 g/mol. The van der Waals surface area contributed by atoms with Gasteiger partial charge in [0.15, 0.2) is 0 Å². The van der Waals surface area contributed by atoms with Crippen molar-refractivity contribution in [3.63, 3.8) is 0 Å². The molecule has 0 aliphatic carbocycles. The fourth-order valence-electron chi connectivity index (χ4n) is 3.12. The Kier molecular flexibility index (Phi) is 7.61. The lowest BCUT2D eigenvalue weighted by molar-refractivity contribution is -0.120. The molecule has 7 nitrogen and oxygen atoms in total. The van der Waals surface area contributed by atoms with Gasteiger partial charge in [0, 0.05) is 16.3 Å². The number of carbonyl (C=O) groups is 2. The SMILES string of the molecule is COc1ccc(C(=O)Nc2ccc(Cl)cc2[C@H](NCC(=O)NN)c2ccccc2)cc1. The van der Waals surface area contributed by atoms with Crippen LogP contribution in [-0.2, 0) is 4.79 Å². The molecule has 0 aromatic heterocycles. The summed E-state index contributed by atoms with van der Waals surface area (Å²) < 4.78 is 5.14. The van der Waals surface area contributed by atoms with Gasteiger partial charge in [0.2, 0.25) is 5.91 Å². The number of hydrazine groups is 1. The van der Waals surface area contributed by atoms with E-state index in [0.717, 1.165) is 5.56 Å². The first-order chi connectivity index (χ1) is 15.0. The topological polar surface area (TPSA) is 105 Å². The fraction of sp³-hybridized carbons (Fsp3) is 0.130. The van der Waals surface area contributed by atoms with Gasteiger partial charge in [-0.1, -0.05) is 41.9 Å². The zero-order chi connectivity index (χ0) is 22.2. The number of halogens is 1. The van der Waals surface area contributed by atoms with Crippen molar-refractivity contribution in [3.8, 4) is 5.75 Å². The molecule has 160 valence electrons. The summed E-state index contributed by atoms with van der Waals surface area (Å²) in [6, 6.07) is 21.1. The highest BCUT2D eigenvalue weighted by Gasteiger charge is 2.20. The molecule has 0 aliphatic rings. The number of benzene rings is 3. The highest BCUT2D eigenvalue weighted by atomic mass is 35.5. The summed E-state index contributed by atoms with van der Waals surface area (Å²) in [4.78, 5) is 24.6. The van der Waals surface area contributed by atoms with Gasteiger partial charge in [-0.05, 0) is 53.6 Å². The normalized spacial score (nSPS) is 11.5. The molecular formula is C23H23ClN4O3. The standard InChI is InChI=1S/C23H23ClN4O3/c1-31-18-10-7-16(8-11-18)23(30)27-20-12-9-17(24)13-19(20)22(26-14-21(29)28-25)15-5-3-2-4-6-15/h2-13,22,26H,14,25H2,1H3,(H,27,30)(H,28,29)/t22-/m1/s1. The van der Waals surface area contributed by atoms with E-state index in [1.165, 1.54) is 0 Å². The third-order valence-electron chi connectivity index (χ3n) is 4.69. The van der Waals surface area contributed by atoms with Gasteiger partial charge in [-0.15, -0.1) is 0 Å². The van der Waals surface area contributed by atoms with Gasteiger partial charge >= 0.3 is 0 Å². The summed E-state index contributed by atoms with van der Waals surface area (Å²) in [6.07, 6.45) is 0. The van der Waals surface area contributed by atoms with Crippen LogP contribution in [0.5, 0.6) is 5.75 Å². The van der Waals surface area contributed by atoms with Crippen molar-refractivity contribution < 1.29 is 14.3 Å². The first-order valence-corrected chi connectivity index (χ1v) is 9.92. The smallest absolute Gasteiger partial charge is 0.255 e. The summed E-state index contributed by atoms with van der Waals surface area (Å²) in [5.74, 6) is 5.23. The van der Waals surface area contributed by atoms with E-state index in [1.807, 2.05) is 30.3 Å². The Morgan fingerprint density at radius 2 is 1.74 bits per heavy atom. The van der Waals surface area contributed by atoms with Crippen molar-refractivity contribution in [1.29, 1.82) is 0 Å². The van der Waals surface area contributed by atoms with Gasteiger partial charge in [-0.25, -0.2) is 5.84 Å². The maximum Gasteiger partial charge on any atom is 0.255 e. The van der Waals surface area contributed by atoms with Crippen molar-refractivity contribution in [2.24, 2.45) is 5.84 Å². The van der Waals surface area contributed by atoms with Crippen LogP contribution < -0.4 is 26.6 Å². The van der Waals surface area contributed by atoms with Crippen LogP contribution in [0.2, 0.25) is 5.02 Å². The molecule has 1 atom stereocenters. The molecule has 0 bridgehead atoms. The highest BCUT2D eigenvalue weighted by molar-refractivity contribution is 6.30. The lowest BCUT2D eigenvalue weighted by Crippen LogP contribution is -2.39. The number of rotatable bonds is 8. The molecule has 2 amide bonds.